The van der Waals surface area contributed by atoms with Gasteiger partial charge in [0, 0.05) is 5.02 Å². The predicted octanol–water partition coefficient (Wildman–Crippen LogP) is 2.80. The van der Waals surface area contributed by atoms with E-state index >= 15 is 0 Å². The van der Waals surface area contributed by atoms with E-state index in [0.717, 1.165) is 5.56 Å². The van der Waals surface area contributed by atoms with Crippen LogP contribution in [0, 0.1) is 0 Å². The Balaban J connectivity index is 1.84. The van der Waals surface area contributed by atoms with Crippen LogP contribution in [0.1, 0.15) is 26.3 Å². The number of hydrogen-bond donors (Lipinski definition) is 1. The van der Waals surface area contributed by atoms with Gasteiger partial charge in [0.15, 0.2) is 0 Å². The first kappa shape index (κ1) is 12.7. The molecule has 0 saturated heterocycles. The molecule has 100 valence electrons. The molecule has 2 amide bonds. The van der Waals surface area contributed by atoms with Crippen molar-refractivity contribution in [2.45, 2.75) is 6.61 Å². The summed E-state index contributed by atoms with van der Waals surface area (Å²) < 4.78 is 5.64. The molecule has 2 aromatic rings. The monoisotopic (exact) mass is 287 g/mol. The first-order chi connectivity index (χ1) is 9.65. The lowest BCUT2D eigenvalue weighted by Crippen LogP contribution is -2.20. The molecule has 1 heterocycles. The Labute approximate surface area is 120 Å². The Bertz CT molecular complexity index is 695. The molecule has 0 aliphatic carbocycles. The van der Waals surface area contributed by atoms with E-state index in [9.17, 15) is 9.59 Å². The van der Waals surface area contributed by atoms with Crippen LogP contribution in [0.5, 0.6) is 5.75 Å². The van der Waals surface area contributed by atoms with Crippen molar-refractivity contribution in [1.82, 2.24) is 5.32 Å². The van der Waals surface area contributed by atoms with Crippen molar-refractivity contribution in [2.24, 2.45) is 0 Å². The molecule has 3 rings (SSSR count). The highest BCUT2D eigenvalue weighted by atomic mass is 35.5. The lowest BCUT2D eigenvalue weighted by atomic mass is 10.1. The SMILES string of the molecule is O=C1NC(=O)c2c(OCc3ccc(Cl)cc3)cccc21. The van der Waals surface area contributed by atoms with Gasteiger partial charge in [-0.3, -0.25) is 14.9 Å². The first-order valence-electron chi connectivity index (χ1n) is 6.01. The second-order valence-electron chi connectivity index (χ2n) is 4.38. The summed E-state index contributed by atoms with van der Waals surface area (Å²) in [5, 5.41) is 2.91. The molecule has 1 aliphatic rings. The summed E-state index contributed by atoms with van der Waals surface area (Å²) in [4.78, 5) is 23.3. The maximum atomic E-state index is 11.7. The molecule has 5 heteroatoms. The summed E-state index contributed by atoms with van der Waals surface area (Å²) >= 11 is 5.81. The lowest BCUT2D eigenvalue weighted by Gasteiger charge is -2.09. The Morgan fingerprint density at radius 3 is 2.50 bits per heavy atom. The molecule has 0 unspecified atom stereocenters. The van der Waals surface area contributed by atoms with Crippen LogP contribution in [0.15, 0.2) is 42.5 Å². The first-order valence-corrected chi connectivity index (χ1v) is 6.39. The van der Waals surface area contributed by atoms with Crippen LogP contribution in [-0.4, -0.2) is 11.8 Å². The summed E-state index contributed by atoms with van der Waals surface area (Å²) in [5.74, 6) is -0.403. The van der Waals surface area contributed by atoms with Gasteiger partial charge >= 0.3 is 0 Å². The highest BCUT2D eigenvalue weighted by Gasteiger charge is 2.29. The average molecular weight is 288 g/mol. The van der Waals surface area contributed by atoms with E-state index in [1.54, 1.807) is 30.3 Å². The van der Waals surface area contributed by atoms with Crippen molar-refractivity contribution in [1.29, 1.82) is 0 Å². The second kappa shape index (κ2) is 4.98. The van der Waals surface area contributed by atoms with Crippen LogP contribution in [0.3, 0.4) is 0 Å². The molecule has 0 fully saturated rings. The van der Waals surface area contributed by atoms with Gasteiger partial charge in [-0.2, -0.15) is 0 Å². The molecule has 0 bridgehead atoms. The van der Waals surface area contributed by atoms with Crippen LogP contribution in [0.2, 0.25) is 5.02 Å². The van der Waals surface area contributed by atoms with Crippen molar-refractivity contribution in [2.75, 3.05) is 0 Å². The molecular formula is C15H10ClNO3. The third kappa shape index (κ3) is 2.26. The summed E-state index contributed by atoms with van der Waals surface area (Å²) in [6.07, 6.45) is 0. The van der Waals surface area contributed by atoms with E-state index in [0.29, 0.717) is 28.5 Å². The van der Waals surface area contributed by atoms with Crippen molar-refractivity contribution in [3.8, 4) is 5.75 Å². The van der Waals surface area contributed by atoms with Crippen LogP contribution in [0.4, 0.5) is 0 Å². The van der Waals surface area contributed by atoms with Crippen LogP contribution in [0.25, 0.3) is 0 Å². The smallest absolute Gasteiger partial charge is 0.262 e. The van der Waals surface area contributed by atoms with Gasteiger partial charge in [-0.1, -0.05) is 29.8 Å². The summed E-state index contributed by atoms with van der Waals surface area (Å²) in [7, 11) is 0. The number of carbonyl (C=O) groups excluding carboxylic acids is 2. The van der Waals surface area contributed by atoms with Gasteiger partial charge in [-0.25, -0.2) is 0 Å². The minimum Gasteiger partial charge on any atom is -0.488 e. The molecule has 4 nitrogen and oxygen atoms in total. The molecule has 0 radical (unpaired) electrons. The number of carbonyl (C=O) groups is 2. The fourth-order valence-electron chi connectivity index (χ4n) is 2.05. The van der Waals surface area contributed by atoms with Gasteiger partial charge in [0.25, 0.3) is 11.8 Å². The van der Waals surface area contributed by atoms with Gasteiger partial charge in [0.05, 0.1) is 11.1 Å². The van der Waals surface area contributed by atoms with E-state index in [1.165, 1.54) is 0 Å². The molecule has 20 heavy (non-hydrogen) atoms. The van der Waals surface area contributed by atoms with Gasteiger partial charge in [-0.15, -0.1) is 0 Å². The van der Waals surface area contributed by atoms with Gasteiger partial charge in [0.1, 0.15) is 12.4 Å². The zero-order valence-corrected chi connectivity index (χ0v) is 11.1. The maximum Gasteiger partial charge on any atom is 0.262 e. The predicted molar refractivity (Wildman–Crippen MR) is 74.0 cm³/mol. The quantitative estimate of drug-likeness (QED) is 0.883. The summed E-state index contributed by atoms with van der Waals surface area (Å²) in [6.45, 7) is 0.301. The number of nitrogens with one attached hydrogen (secondary N) is 1. The Kier molecular flexibility index (Phi) is 3.16. The number of rotatable bonds is 3. The zero-order valence-electron chi connectivity index (χ0n) is 10.4. The molecule has 0 saturated carbocycles. The highest BCUT2D eigenvalue weighted by molar-refractivity contribution is 6.30. The molecule has 2 aromatic carbocycles. The van der Waals surface area contributed by atoms with E-state index < -0.39 is 5.91 Å². The van der Waals surface area contributed by atoms with Crippen LogP contribution >= 0.6 is 11.6 Å². The minimum atomic E-state index is -0.420. The number of halogens is 1. The van der Waals surface area contributed by atoms with Crippen molar-refractivity contribution >= 4 is 23.4 Å². The van der Waals surface area contributed by atoms with Gasteiger partial charge < -0.3 is 4.74 Å². The molecular weight excluding hydrogens is 278 g/mol. The van der Waals surface area contributed by atoms with Gasteiger partial charge in [0.2, 0.25) is 0 Å². The topological polar surface area (TPSA) is 55.4 Å². The van der Waals surface area contributed by atoms with Crippen molar-refractivity contribution in [3.05, 3.63) is 64.2 Å². The second-order valence-corrected chi connectivity index (χ2v) is 4.81. The van der Waals surface area contributed by atoms with E-state index in [-0.39, 0.29) is 5.91 Å². The standard InChI is InChI=1S/C15H10ClNO3/c16-10-6-4-9(5-7-10)8-20-12-3-1-2-11-13(12)15(19)17-14(11)18/h1-7H,8H2,(H,17,18,19). The largest absolute Gasteiger partial charge is 0.488 e. The number of benzene rings is 2. The maximum absolute atomic E-state index is 11.7. The number of fused-ring (bicyclic) bond motifs is 1. The average Bonchev–Trinajstić information content (AvgIpc) is 2.74. The Morgan fingerprint density at radius 2 is 1.75 bits per heavy atom. The minimum absolute atomic E-state index is 0.298. The molecule has 1 N–H and O–H groups in total. The number of hydrogen-bond acceptors (Lipinski definition) is 3. The van der Waals surface area contributed by atoms with E-state index in [1.807, 2.05) is 12.1 Å². The summed E-state index contributed by atoms with van der Waals surface area (Å²) in [6, 6.07) is 12.2. The van der Waals surface area contributed by atoms with E-state index in [2.05, 4.69) is 5.32 Å². The highest BCUT2D eigenvalue weighted by Crippen LogP contribution is 2.27. The fraction of sp³-hybridized carbons (Fsp3) is 0.0667. The van der Waals surface area contributed by atoms with E-state index in [4.69, 9.17) is 16.3 Å². The molecule has 0 spiro atoms. The van der Waals surface area contributed by atoms with Gasteiger partial charge in [-0.05, 0) is 29.8 Å². The number of amides is 2. The molecule has 1 aliphatic heterocycles. The van der Waals surface area contributed by atoms with Crippen molar-refractivity contribution in [3.63, 3.8) is 0 Å². The summed E-state index contributed by atoms with van der Waals surface area (Å²) in [5.41, 5.74) is 1.58. The number of ether oxygens (including phenoxy) is 1. The Hall–Kier alpha value is -2.33. The van der Waals surface area contributed by atoms with Crippen LogP contribution < -0.4 is 10.1 Å². The molecule has 0 aromatic heterocycles. The normalized spacial score (nSPS) is 13.1. The third-order valence-corrected chi connectivity index (χ3v) is 3.28. The fourth-order valence-corrected chi connectivity index (χ4v) is 2.18. The van der Waals surface area contributed by atoms with Crippen LogP contribution in [-0.2, 0) is 6.61 Å². The molecule has 0 atom stereocenters. The third-order valence-electron chi connectivity index (χ3n) is 3.03. The Morgan fingerprint density at radius 1 is 1.00 bits per heavy atom. The lowest BCUT2D eigenvalue weighted by molar-refractivity contribution is 0.0878. The number of imide groups is 1. The zero-order chi connectivity index (χ0) is 14.1. The van der Waals surface area contributed by atoms with Crippen molar-refractivity contribution < 1.29 is 14.3 Å².